The van der Waals surface area contributed by atoms with Gasteiger partial charge in [0.1, 0.15) is 6.23 Å². The van der Waals surface area contributed by atoms with Gasteiger partial charge >= 0.3 is 0 Å². The van der Waals surface area contributed by atoms with Gasteiger partial charge in [0.25, 0.3) is 0 Å². The maximum atomic E-state index is 11.1. The summed E-state index contributed by atoms with van der Waals surface area (Å²) in [4.78, 5) is 12.1. The number of aliphatic hydroxyl groups excluding tert-OH is 1. The zero-order chi connectivity index (χ0) is 32.1. The minimum atomic E-state index is -0.723. The second kappa shape index (κ2) is 12.8. The van der Waals surface area contributed by atoms with Crippen molar-refractivity contribution in [3.05, 3.63) is 82.2 Å². The number of aromatic nitrogens is 3. The summed E-state index contributed by atoms with van der Waals surface area (Å²) in [5.74, 6) is 0.112. The number of halogens is 1. The molecule has 0 amide bonds. The Morgan fingerprint density at radius 3 is 2.57 bits per heavy atom. The van der Waals surface area contributed by atoms with E-state index in [4.69, 9.17) is 26.1 Å². The Labute approximate surface area is 278 Å². The third kappa shape index (κ3) is 6.84. The minimum Gasteiger partial charge on any atom is -0.368 e. The molecule has 2 saturated carbocycles. The molecule has 3 aliphatic carbocycles. The van der Waals surface area contributed by atoms with E-state index in [1.54, 1.807) is 0 Å². The summed E-state index contributed by atoms with van der Waals surface area (Å²) in [7, 11) is 2.04. The van der Waals surface area contributed by atoms with Crippen LogP contribution in [0.1, 0.15) is 112 Å². The van der Waals surface area contributed by atoms with Crippen molar-refractivity contribution in [2.75, 3.05) is 13.1 Å². The number of fused-ring (bicyclic) bond motifs is 2. The molecule has 7 rings (SSSR count). The van der Waals surface area contributed by atoms with Crippen LogP contribution in [0, 0.1) is 5.92 Å². The largest absolute Gasteiger partial charge is 0.368 e. The Balaban J connectivity index is 1.27. The van der Waals surface area contributed by atoms with E-state index in [2.05, 4.69) is 64.8 Å². The molecule has 3 heterocycles. The Bertz CT molecular complexity index is 1580. The first kappa shape index (κ1) is 32.0. The number of nitrogens with one attached hydrogen (secondary N) is 1. The number of likely N-dealkylation sites (tertiary alicyclic amines) is 1. The van der Waals surface area contributed by atoms with Crippen molar-refractivity contribution in [1.82, 2.24) is 24.8 Å². The Morgan fingerprint density at radius 1 is 1.04 bits per heavy atom. The van der Waals surface area contributed by atoms with Gasteiger partial charge < -0.3 is 19.1 Å². The van der Waals surface area contributed by atoms with Crippen LogP contribution in [0.25, 0.3) is 11.6 Å². The third-order valence-electron chi connectivity index (χ3n) is 10.5. The van der Waals surface area contributed by atoms with Crippen molar-refractivity contribution < 1.29 is 14.6 Å². The average Bonchev–Trinajstić information content (AvgIpc) is 3.89. The Hall–Kier alpha value is -2.59. The van der Waals surface area contributed by atoms with Crippen LogP contribution in [0.3, 0.4) is 0 Å². The van der Waals surface area contributed by atoms with E-state index in [0.717, 1.165) is 92.5 Å². The molecule has 4 aliphatic rings. The fraction of sp³-hybridized carbons (Fsp3) is 0.568. The minimum absolute atomic E-state index is 0.0670. The number of hydrogen-bond donors (Lipinski definition) is 2. The lowest BCUT2D eigenvalue weighted by atomic mass is 9.88. The van der Waals surface area contributed by atoms with E-state index < -0.39 is 6.29 Å². The molecular weight excluding hydrogens is 598 g/mol. The zero-order valence-electron chi connectivity index (χ0n) is 27.6. The number of aryl methyl sites for hydroxylation is 1. The number of aliphatic hydroxyl groups is 1. The molecule has 3 unspecified atom stereocenters. The molecule has 1 saturated heterocycles. The van der Waals surface area contributed by atoms with Crippen LogP contribution >= 0.6 is 11.6 Å². The maximum Gasteiger partial charge on any atom is 0.158 e. The van der Waals surface area contributed by atoms with E-state index in [-0.39, 0.29) is 35.4 Å². The molecule has 1 aliphatic heterocycles. The van der Waals surface area contributed by atoms with Crippen LogP contribution in [0.5, 0.6) is 0 Å². The second-order valence-electron chi connectivity index (χ2n) is 14.5. The first-order valence-corrected chi connectivity index (χ1v) is 17.5. The second-order valence-corrected chi connectivity index (χ2v) is 14.9. The fourth-order valence-corrected chi connectivity index (χ4v) is 7.47. The summed E-state index contributed by atoms with van der Waals surface area (Å²) in [6.45, 7) is 8.18. The molecule has 246 valence electrons. The summed E-state index contributed by atoms with van der Waals surface area (Å²) < 4.78 is 14.7. The van der Waals surface area contributed by atoms with Crippen molar-refractivity contribution in [1.29, 1.82) is 0 Å². The topological polar surface area (TPSA) is 84.7 Å². The van der Waals surface area contributed by atoms with E-state index in [1.807, 2.05) is 37.9 Å². The Morgan fingerprint density at radius 2 is 1.83 bits per heavy atom. The van der Waals surface area contributed by atoms with E-state index in [1.165, 1.54) is 5.56 Å². The molecule has 8 nitrogen and oxygen atoms in total. The van der Waals surface area contributed by atoms with Gasteiger partial charge in [-0.05, 0) is 125 Å². The van der Waals surface area contributed by atoms with Crippen LogP contribution < -0.4 is 5.32 Å². The van der Waals surface area contributed by atoms with Crippen LogP contribution in [0.2, 0.25) is 5.02 Å². The third-order valence-corrected chi connectivity index (χ3v) is 10.8. The van der Waals surface area contributed by atoms with Crippen LogP contribution in [-0.2, 0) is 16.5 Å². The molecule has 0 radical (unpaired) electrons. The van der Waals surface area contributed by atoms with Crippen LogP contribution in [-0.4, -0.2) is 61.4 Å². The number of rotatable bonds is 10. The zero-order valence-corrected chi connectivity index (χ0v) is 28.3. The highest BCUT2D eigenvalue weighted by atomic mass is 35.5. The Kier molecular flexibility index (Phi) is 8.89. The van der Waals surface area contributed by atoms with E-state index >= 15 is 0 Å². The molecular formula is C37H48ClN5O3. The van der Waals surface area contributed by atoms with Crippen molar-refractivity contribution in [2.45, 2.75) is 108 Å². The molecule has 2 N–H and O–H groups in total. The lowest BCUT2D eigenvalue weighted by Crippen LogP contribution is -2.38. The van der Waals surface area contributed by atoms with Crippen molar-refractivity contribution in [3.8, 4) is 0 Å². The molecule has 0 bridgehead atoms. The SMILES string of the molecule is CC(N[C@H](C1=Cc2cccnc2[C@@H](N2CCCCC(C(O)OC3(C)CC3)CC2)c2ccc(Cl)cc21)c1cncn1C)OC1(C)CC1. The number of benzene rings is 1. The quantitative estimate of drug-likeness (QED) is 0.229. The predicted molar refractivity (Wildman–Crippen MR) is 181 cm³/mol. The summed E-state index contributed by atoms with van der Waals surface area (Å²) in [6.07, 6.45) is 15.3. The fourth-order valence-electron chi connectivity index (χ4n) is 7.30. The van der Waals surface area contributed by atoms with Crippen LogP contribution in [0.4, 0.5) is 0 Å². The summed E-state index contributed by atoms with van der Waals surface area (Å²) >= 11 is 6.80. The number of pyridine rings is 1. The van der Waals surface area contributed by atoms with Crippen molar-refractivity contribution in [3.63, 3.8) is 0 Å². The summed E-state index contributed by atoms with van der Waals surface area (Å²) in [6, 6.07) is 10.2. The number of imidazole rings is 1. The van der Waals surface area contributed by atoms with Gasteiger partial charge in [-0.25, -0.2) is 4.98 Å². The lowest BCUT2D eigenvalue weighted by Gasteiger charge is -2.37. The molecule has 3 aromatic rings. The highest BCUT2D eigenvalue weighted by Gasteiger charge is 2.43. The van der Waals surface area contributed by atoms with Gasteiger partial charge in [0.2, 0.25) is 0 Å². The first-order chi connectivity index (χ1) is 22.1. The van der Waals surface area contributed by atoms with Gasteiger partial charge in [-0.3, -0.25) is 15.2 Å². The van der Waals surface area contributed by atoms with Crippen LogP contribution in [0.15, 0.2) is 49.1 Å². The molecule has 5 atom stereocenters. The number of hydrogen-bond acceptors (Lipinski definition) is 7. The van der Waals surface area contributed by atoms with Crippen molar-refractivity contribution in [2.24, 2.45) is 13.0 Å². The van der Waals surface area contributed by atoms with Gasteiger partial charge in [-0.2, -0.15) is 0 Å². The molecule has 0 spiro atoms. The molecule has 1 aromatic carbocycles. The normalized spacial score (nSPS) is 25.6. The van der Waals surface area contributed by atoms with Gasteiger partial charge in [-0.15, -0.1) is 0 Å². The van der Waals surface area contributed by atoms with Gasteiger partial charge in [0.05, 0.1) is 47.2 Å². The highest BCUT2D eigenvalue weighted by Crippen LogP contribution is 2.46. The summed E-state index contributed by atoms with van der Waals surface area (Å²) in [5, 5.41) is 15.6. The predicted octanol–water partition coefficient (Wildman–Crippen LogP) is 7.04. The smallest absolute Gasteiger partial charge is 0.158 e. The molecule has 2 aromatic heterocycles. The standard InChI is InChI=1S/C37H48ClN5O3/c1-24(45-36(2)13-14-36)41-33(31-22-39-23-42(31)4)30-20-26-9-7-17-40-32(26)34(28-11-10-27(38)21-29(28)30)43-18-6-5-8-25(12-19-43)35(44)46-37(3)15-16-37/h7,9-11,17,20-25,33-35,41,44H,5-6,8,12-16,18-19H2,1-4H3/t24?,25?,33-,34+,35?/m1/s1. The monoisotopic (exact) mass is 645 g/mol. The van der Waals surface area contributed by atoms with Crippen molar-refractivity contribution >= 4 is 23.3 Å². The lowest BCUT2D eigenvalue weighted by molar-refractivity contribution is -0.175. The van der Waals surface area contributed by atoms with E-state index in [9.17, 15) is 5.11 Å². The average molecular weight is 646 g/mol. The molecule has 9 heteroatoms. The van der Waals surface area contributed by atoms with Gasteiger partial charge in [0.15, 0.2) is 6.29 Å². The summed E-state index contributed by atoms with van der Waals surface area (Å²) in [5.41, 5.74) is 6.36. The molecule has 3 fully saturated rings. The van der Waals surface area contributed by atoms with Gasteiger partial charge in [-0.1, -0.05) is 30.2 Å². The highest BCUT2D eigenvalue weighted by molar-refractivity contribution is 6.30. The molecule has 46 heavy (non-hydrogen) atoms. The van der Waals surface area contributed by atoms with Gasteiger partial charge in [0, 0.05) is 24.2 Å². The first-order valence-electron chi connectivity index (χ1n) is 17.1. The number of ether oxygens (including phenoxy) is 2. The maximum absolute atomic E-state index is 11.1. The van der Waals surface area contributed by atoms with E-state index in [0.29, 0.717) is 5.02 Å². The number of nitrogens with zero attached hydrogens (tertiary/aromatic N) is 4.